The van der Waals surface area contributed by atoms with Crippen molar-refractivity contribution in [1.29, 1.82) is 0 Å². The first-order chi connectivity index (χ1) is 9.30. The maximum Gasteiger partial charge on any atom is 0.337 e. The van der Waals surface area contributed by atoms with Crippen LogP contribution in [0, 0.1) is 0 Å². The van der Waals surface area contributed by atoms with Crippen molar-refractivity contribution < 1.29 is 18.3 Å². The van der Waals surface area contributed by atoms with Gasteiger partial charge in [0.2, 0.25) is 10.0 Å². The van der Waals surface area contributed by atoms with Crippen molar-refractivity contribution in [3.05, 3.63) is 23.8 Å². The minimum atomic E-state index is -3.90. The van der Waals surface area contributed by atoms with Crippen molar-refractivity contribution >= 4 is 21.7 Å². The molecule has 20 heavy (non-hydrogen) atoms. The van der Waals surface area contributed by atoms with E-state index in [-0.39, 0.29) is 10.5 Å². The second kappa shape index (κ2) is 5.41. The number of sulfonamides is 1. The highest BCUT2D eigenvalue weighted by molar-refractivity contribution is 7.89. The van der Waals surface area contributed by atoms with E-state index in [0.717, 1.165) is 31.7 Å². The van der Waals surface area contributed by atoms with Crippen LogP contribution in [0.15, 0.2) is 23.1 Å². The average Bonchev–Trinajstić information content (AvgIpc) is 2.89. The minimum absolute atomic E-state index is 0.0362. The van der Waals surface area contributed by atoms with Crippen LogP contribution in [0.25, 0.3) is 0 Å². The van der Waals surface area contributed by atoms with Crippen LogP contribution < -0.4 is 10.0 Å². The zero-order valence-electron chi connectivity index (χ0n) is 11.2. The molecule has 3 N–H and O–H groups in total. The molecule has 0 heterocycles. The van der Waals surface area contributed by atoms with Crippen LogP contribution >= 0.6 is 0 Å². The van der Waals surface area contributed by atoms with E-state index in [9.17, 15) is 18.3 Å². The molecule has 1 aliphatic carbocycles. The molecule has 0 radical (unpaired) electrons. The van der Waals surface area contributed by atoms with Gasteiger partial charge in [0.05, 0.1) is 16.1 Å². The van der Waals surface area contributed by atoms with Gasteiger partial charge in [0, 0.05) is 13.1 Å². The minimum Gasteiger partial charge on any atom is -0.478 e. The number of nitrogens with two attached hydrogens (primary N) is 1. The lowest BCUT2D eigenvalue weighted by Crippen LogP contribution is -2.30. The van der Waals surface area contributed by atoms with Crippen LogP contribution in [-0.2, 0) is 10.0 Å². The number of aromatic carboxylic acids is 1. The number of carbonyl (C=O) groups is 1. The summed E-state index contributed by atoms with van der Waals surface area (Å²) >= 11 is 0. The van der Waals surface area contributed by atoms with Crippen LogP contribution in [0.1, 0.15) is 36.0 Å². The van der Waals surface area contributed by atoms with Crippen LogP contribution in [0.2, 0.25) is 0 Å². The molecule has 0 aliphatic heterocycles. The van der Waals surface area contributed by atoms with Crippen LogP contribution in [0.3, 0.4) is 0 Å². The molecule has 0 spiro atoms. The molecule has 0 amide bonds. The fraction of sp³-hybridized carbons (Fsp3) is 0.462. The number of anilines is 1. The summed E-state index contributed by atoms with van der Waals surface area (Å²) in [6.07, 6.45) is 4.30. The highest BCUT2D eigenvalue weighted by Crippen LogP contribution is 2.30. The Morgan fingerprint density at radius 3 is 2.45 bits per heavy atom. The van der Waals surface area contributed by atoms with Gasteiger partial charge in [-0.05, 0) is 31.0 Å². The van der Waals surface area contributed by atoms with Crippen LogP contribution in [-0.4, -0.2) is 32.6 Å². The van der Waals surface area contributed by atoms with Crippen LogP contribution in [0.4, 0.5) is 5.69 Å². The molecular formula is C13H18N2O4S. The van der Waals surface area contributed by atoms with Gasteiger partial charge in [0.25, 0.3) is 0 Å². The van der Waals surface area contributed by atoms with Crippen molar-refractivity contribution in [3.8, 4) is 0 Å². The fourth-order valence-electron chi connectivity index (χ4n) is 2.66. The van der Waals surface area contributed by atoms with Gasteiger partial charge in [-0.1, -0.05) is 12.8 Å². The second-order valence-corrected chi connectivity index (χ2v) is 6.64. The Labute approximate surface area is 118 Å². The van der Waals surface area contributed by atoms with Gasteiger partial charge >= 0.3 is 5.97 Å². The molecule has 7 heteroatoms. The van der Waals surface area contributed by atoms with E-state index < -0.39 is 16.0 Å². The Kier molecular flexibility index (Phi) is 4.01. The van der Waals surface area contributed by atoms with Gasteiger partial charge in [-0.3, -0.25) is 0 Å². The summed E-state index contributed by atoms with van der Waals surface area (Å²) in [7, 11) is -2.06. The molecule has 0 unspecified atom stereocenters. The Balaban J connectivity index is 2.45. The predicted octanol–water partition coefficient (Wildman–Crippen LogP) is 1.41. The first-order valence-electron chi connectivity index (χ1n) is 6.43. The van der Waals surface area contributed by atoms with E-state index in [1.807, 2.05) is 11.9 Å². The number of rotatable bonds is 4. The third-order valence-corrected chi connectivity index (χ3v) is 4.69. The van der Waals surface area contributed by atoms with E-state index in [0.29, 0.717) is 11.7 Å². The number of hydrogen-bond donors (Lipinski definition) is 2. The molecule has 1 aromatic rings. The molecule has 1 saturated carbocycles. The number of nitrogens with zero attached hydrogens (tertiary/aromatic N) is 1. The van der Waals surface area contributed by atoms with Gasteiger partial charge in [-0.2, -0.15) is 0 Å². The number of primary sulfonamides is 1. The normalized spacial score (nSPS) is 16.3. The Hall–Kier alpha value is -1.60. The highest BCUT2D eigenvalue weighted by Gasteiger charge is 2.24. The lowest BCUT2D eigenvalue weighted by molar-refractivity contribution is 0.0697. The number of benzene rings is 1. The second-order valence-electron chi connectivity index (χ2n) is 5.08. The summed E-state index contributed by atoms with van der Waals surface area (Å²) in [5.74, 6) is -1.16. The summed E-state index contributed by atoms with van der Waals surface area (Å²) in [6.45, 7) is 0. The Morgan fingerprint density at radius 1 is 1.35 bits per heavy atom. The standard InChI is InChI=1S/C13H18N2O4S/c1-15(9-4-2-3-5-9)12-7-6-10(20(14,18)19)8-11(12)13(16)17/h6-9H,2-5H2,1H3,(H,16,17)(H2,14,18,19). The largest absolute Gasteiger partial charge is 0.478 e. The topological polar surface area (TPSA) is 101 Å². The molecule has 1 aliphatic rings. The number of carboxylic acids is 1. The third kappa shape index (κ3) is 2.94. The number of hydrogen-bond acceptors (Lipinski definition) is 4. The molecule has 1 fully saturated rings. The van der Waals surface area contributed by atoms with Crippen molar-refractivity contribution in [2.24, 2.45) is 5.14 Å². The van der Waals surface area contributed by atoms with Crippen molar-refractivity contribution in [1.82, 2.24) is 0 Å². The van der Waals surface area contributed by atoms with E-state index in [1.54, 1.807) is 0 Å². The molecule has 110 valence electrons. The van der Waals surface area contributed by atoms with Gasteiger partial charge in [-0.25, -0.2) is 18.4 Å². The first-order valence-corrected chi connectivity index (χ1v) is 7.98. The Morgan fingerprint density at radius 2 is 1.95 bits per heavy atom. The van der Waals surface area contributed by atoms with E-state index in [1.165, 1.54) is 12.1 Å². The van der Waals surface area contributed by atoms with E-state index >= 15 is 0 Å². The predicted molar refractivity (Wildman–Crippen MR) is 75.4 cm³/mol. The van der Waals surface area contributed by atoms with Gasteiger partial charge in [-0.15, -0.1) is 0 Å². The zero-order chi connectivity index (χ0) is 14.9. The van der Waals surface area contributed by atoms with Gasteiger partial charge in [0.15, 0.2) is 0 Å². The Bertz CT molecular complexity index is 621. The molecule has 0 saturated heterocycles. The lowest BCUT2D eigenvalue weighted by atomic mass is 10.1. The summed E-state index contributed by atoms with van der Waals surface area (Å²) in [6, 6.07) is 4.29. The summed E-state index contributed by atoms with van der Waals surface area (Å²) in [5, 5.41) is 14.3. The smallest absolute Gasteiger partial charge is 0.337 e. The SMILES string of the molecule is CN(c1ccc(S(N)(=O)=O)cc1C(=O)O)C1CCCC1. The van der Waals surface area contributed by atoms with E-state index in [2.05, 4.69) is 0 Å². The van der Waals surface area contributed by atoms with Gasteiger partial charge in [0.1, 0.15) is 0 Å². The molecule has 0 bridgehead atoms. The van der Waals surface area contributed by atoms with E-state index in [4.69, 9.17) is 5.14 Å². The van der Waals surface area contributed by atoms with Crippen molar-refractivity contribution in [2.45, 2.75) is 36.6 Å². The average molecular weight is 298 g/mol. The quantitative estimate of drug-likeness (QED) is 0.875. The summed E-state index contributed by atoms with van der Waals surface area (Å²) in [5.41, 5.74) is 0.489. The third-order valence-electron chi connectivity index (χ3n) is 3.78. The molecule has 0 atom stereocenters. The van der Waals surface area contributed by atoms with Gasteiger partial charge < -0.3 is 10.0 Å². The van der Waals surface area contributed by atoms with Crippen LogP contribution in [0.5, 0.6) is 0 Å². The molecule has 2 rings (SSSR count). The highest BCUT2D eigenvalue weighted by atomic mass is 32.2. The number of carboxylic acid groups (broad SMARTS) is 1. The van der Waals surface area contributed by atoms with Crippen molar-refractivity contribution in [2.75, 3.05) is 11.9 Å². The molecule has 1 aromatic carbocycles. The monoisotopic (exact) mass is 298 g/mol. The van der Waals surface area contributed by atoms with Crippen molar-refractivity contribution in [3.63, 3.8) is 0 Å². The zero-order valence-corrected chi connectivity index (χ0v) is 12.1. The molecule has 0 aromatic heterocycles. The first kappa shape index (κ1) is 14.8. The lowest BCUT2D eigenvalue weighted by Gasteiger charge is -2.28. The fourth-order valence-corrected chi connectivity index (χ4v) is 3.20. The molecular weight excluding hydrogens is 280 g/mol. The maximum absolute atomic E-state index is 11.4. The maximum atomic E-state index is 11.4. The molecule has 6 nitrogen and oxygen atoms in total. The summed E-state index contributed by atoms with van der Waals surface area (Å²) in [4.78, 5) is 13.1. The summed E-state index contributed by atoms with van der Waals surface area (Å²) < 4.78 is 22.6.